The van der Waals surface area contributed by atoms with E-state index in [0.29, 0.717) is 37.8 Å². The van der Waals surface area contributed by atoms with Gasteiger partial charge in [0.1, 0.15) is 11.5 Å². The van der Waals surface area contributed by atoms with Crippen molar-refractivity contribution in [3.05, 3.63) is 35.9 Å². The summed E-state index contributed by atoms with van der Waals surface area (Å²) < 4.78 is 0. The number of benzene rings is 1. The minimum atomic E-state index is -1.20. The third-order valence-electron chi connectivity index (χ3n) is 8.47. The Balaban J connectivity index is 1.27. The van der Waals surface area contributed by atoms with Crippen molar-refractivity contribution in [1.82, 2.24) is 20.9 Å². The van der Waals surface area contributed by atoms with Gasteiger partial charge in [-0.15, -0.1) is 0 Å². The summed E-state index contributed by atoms with van der Waals surface area (Å²) in [6.07, 6.45) is 8.70. The van der Waals surface area contributed by atoms with Crippen molar-refractivity contribution < 1.29 is 14.4 Å². The van der Waals surface area contributed by atoms with Crippen LogP contribution in [0.5, 0.6) is 0 Å². The van der Waals surface area contributed by atoms with Crippen LogP contribution in [0.15, 0.2) is 30.3 Å². The predicted molar refractivity (Wildman–Crippen MR) is 140 cm³/mol. The van der Waals surface area contributed by atoms with Gasteiger partial charge in [-0.2, -0.15) is 0 Å². The van der Waals surface area contributed by atoms with Crippen LogP contribution in [0.4, 0.5) is 0 Å². The Morgan fingerprint density at radius 2 is 1.78 bits per heavy atom. The van der Waals surface area contributed by atoms with E-state index >= 15 is 0 Å². The lowest BCUT2D eigenvalue weighted by molar-refractivity contribution is -0.143. The number of primary amides is 1. The molecule has 1 aromatic rings. The lowest BCUT2D eigenvalue weighted by Gasteiger charge is -2.33. The van der Waals surface area contributed by atoms with E-state index in [9.17, 15) is 14.4 Å². The van der Waals surface area contributed by atoms with Crippen LogP contribution in [0, 0.1) is 11.3 Å². The zero-order valence-electron chi connectivity index (χ0n) is 21.5. The molecule has 5 N–H and O–H groups in total. The second-order valence-electron chi connectivity index (χ2n) is 11.0. The van der Waals surface area contributed by atoms with E-state index in [4.69, 9.17) is 5.73 Å². The van der Waals surface area contributed by atoms with E-state index < -0.39 is 23.3 Å². The summed E-state index contributed by atoms with van der Waals surface area (Å²) in [5.41, 5.74) is 5.41. The van der Waals surface area contributed by atoms with Crippen LogP contribution >= 0.6 is 0 Å². The molecule has 4 rings (SSSR count). The highest BCUT2D eigenvalue weighted by Crippen LogP contribution is 2.38. The molecule has 1 saturated carbocycles. The number of nitrogens with two attached hydrogens (primary N) is 1. The monoisotopic (exact) mass is 497 g/mol. The molecule has 0 radical (unpaired) electrons. The van der Waals surface area contributed by atoms with Crippen LogP contribution in [0.25, 0.3) is 0 Å². The summed E-state index contributed by atoms with van der Waals surface area (Å²) in [6, 6.07) is 9.56. The van der Waals surface area contributed by atoms with Crippen molar-refractivity contribution in [2.75, 3.05) is 32.7 Å². The molecule has 0 bridgehead atoms. The number of piperidine rings is 1. The maximum atomic E-state index is 13.2. The van der Waals surface area contributed by atoms with Gasteiger partial charge in [0, 0.05) is 25.6 Å². The number of rotatable bonds is 11. The van der Waals surface area contributed by atoms with E-state index in [-0.39, 0.29) is 5.91 Å². The molecule has 2 heterocycles. The molecule has 8 nitrogen and oxygen atoms in total. The number of carbonyl (C=O) groups excluding carboxylic acids is 3. The van der Waals surface area contributed by atoms with Gasteiger partial charge in [-0.3, -0.25) is 14.4 Å². The van der Waals surface area contributed by atoms with Crippen molar-refractivity contribution in [2.24, 2.45) is 17.1 Å². The van der Waals surface area contributed by atoms with Gasteiger partial charge < -0.3 is 26.6 Å². The SMILES string of the molecule is NC(=O)C1(C(=O)N[C@H](Cc2ccccc2)C(=O)NCCC2CCN(C[C@@H]3CCCN3)CC2)CCCC1. The first-order valence-electron chi connectivity index (χ1n) is 13.8. The van der Waals surface area contributed by atoms with Crippen molar-refractivity contribution >= 4 is 17.7 Å². The number of nitrogens with one attached hydrogen (secondary N) is 3. The highest BCUT2D eigenvalue weighted by molar-refractivity contribution is 6.05. The summed E-state index contributed by atoms with van der Waals surface area (Å²) in [5, 5.41) is 9.54. The Labute approximate surface area is 215 Å². The van der Waals surface area contributed by atoms with Gasteiger partial charge in [-0.05, 0) is 76.1 Å². The molecule has 8 heteroatoms. The number of hydrogen-bond donors (Lipinski definition) is 4. The highest BCUT2D eigenvalue weighted by atomic mass is 16.2. The molecular formula is C28H43N5O3. The van der Waals surface area contributed by atoms with Crippen LogP contribution < -0.4 is 21.7 Å². The second kappa shape index (κ2) is 12.7. The fourth-order valence-corrected chi connectivity index (χ4v) is 6.12. The largest absolute Gasteiger partial charge is 0.369 e. The summed E-state index contributed by atoms with van der Waals surface area (Å²) in [7, 11) is 0. The normalized spacial score (nSPS) is 23.3. The predicted octanol–water partition coefficient (Wildman–Crippen LogP) is 1.73. The lowest BCUT2D eigenvalue weighted by Crippen LogP contribution is -2.55. The molecule has 0 spiro atoms. The Morgan fingerprint density at radius 1 is 1.06 bits per heavy atom. The van der Waals surface area contributed by atoms with E-state index in [1.54, 1.807) is 0 Å². The van der Waals surface area contributed by atoms with Crippen LogP contribution in [-0.2, 0) is 20.8 Å². The summed E-state index contributed by atoms with van der Waals surface area (Å²) >= 11 is 0. The fourth-order valence-electron chi connectivity index (χ4n) is 6.12. The van der Waals surface area contributed by atoms with E-state index in [0.717, 1.165) is 63.8 Å². The quantitative estimate of drug-likeness (QED) is 0.348. The van der Waals surface area contributed by atoms with Crippen LogP contribution in [0.2, 0.25) is 0 Å². The summed E-state index contributed by atoms with van der Waals surface area (Å²) in [5.74, 6) is -0.592. The number of hydrogen-bond acceptors (Lipinski definition) is 5. The van der Waals surface area contributed by atoms with Gasteiger partial charge in [0.15, 0.2) is 0 Å². The van der Waals surface area contributed by atoms with Gasteiger partial charge >= 0.3 is 0 Å². The molecule has 2 saturated heterocycles. The minimum Gasteiger partial charge on any atom is -0.369 e. The lowest BCUT2D eigenvalue weighted by atomic mass is 9.84. The Hall–Kier alpha value is -2.45. The summed E-state index contributed by atoms with van der Waals surface area (Å²) in [4.78, 5) is 41.2. The van der Waals surface area contributed by atoms with E-state index in [1.165, 1.54) is 12.8 Å². The first-order chi connectivity index (χ1) is 17.5. The van der Waals surface area contributed by atoms with Crippen LogP contribution in [-0.4, -0.2) is 67.4 Å². The Bertz CT molecular complexity index is 872. The Kier molecular flexibility index (Phi) is 9.37. The third-order valence-corrected chi connectivity index (χ3v) is 8.47. The van der Waals surface area contributed by atoms with Crippen molar-refractivity contribution in [1.29, 1.82) is 0 Å². The summed E-state index contributed by atoms with van der Waals surface area (Å²) in [6.45, 7) is 5.14. The van der Waals surface area contributed by atoms with Gasteiger partial charge in [-0.25, -0.2) is 0 Å². The molecule has 2 aliphatic heterocycles. The third kappa shape index (κ3) is 6.85. The zero-order valence-corrected chi connectivity index (χ0v) is 21.5. The molecule has 3 fully saturated rings. The first kappa shape index (κ1) is 26.6. The molecular weight excluding hydrogens is 454 g/mol. The average Bonchev–Trinajstić information content (AvgIpc) is 3.58. The van der Waals surface area contributed by atoms with Crippen LogP contribution in [0.3, 0.4) is 0 Å². The van der Waals surface area contributed by atoms with E-state index in [1.807, 2.05) is 30.3 Å². The average molecular weight is 498 g/mol. The first-order valence-corrected chi connectivity index (χ1v) is 13.8. The van der Waals surface area contributed by atoms with Crippen molar-refractivity contribution in [2.45, 2.75) is 76.3 Å². The standard InChI is InChI=1S/C28H43N5O3/c29-26(35)28(13-4-5-14-28)27(36)32-24(19-22-7-2-1-3-8-22)25(34)31-16-10-21-11-17-33(18-12-21)20-23-9-6-15-30-23/h1-3,7-8,21,23-24,30H,4-6,9-20H2,(H2,29,35)(H,31,34)(H,32,36)/t23-,24+/m0/s1. The maximum absolute atomic E-state index is 13.2. The van der Waals surface area contributed by atoms with Crippen molar-refractivity contribution in [3.8, 4) is 0 Å². The minimum absolute atomic E-state index is 0.199. The van der Waals surface area contributed by atoms with Crippen molar-refractivity contribution in [3.63, 3.8) is 0 Å². The molecule has 198 valence electrons. The number of amides is 3. The van der Waals surface area contributed by atoms with Gasteiger partial charge in [0.25, 0.3) is 0 Å². The molecule has 1 aliphatic carbocycles. The zero-order chi connectivity index (χ0) is 25.4. The molecule has 2 atom stereocenters. The number of nitrogens with zero attached hydrogens (tertiary/aromatic N) is 1. The number of carbonyl (C=O) groups is 3. The maximum Gasteiger partial charge on any atom is 0.242 e. The van der Waals surface area contributed by atoms with Gasteiger partial charge in [0.05, 0.1) is 0 Å². The Morgan fingerprint density at radius 3 is 2.42 bits per heavy atom. The fraction of sp³-hybridized carbons (Fsp3) is 0.679. The van der Waals surface area contributed by atoms with Gasteiger partial charge in [0.2, 0.25) is 17.7 Å². The second-order valence-corrected chi connectivity index (χ2v) is 11.0. The van der Waals surface area contributed by atoms with Gasteiger partial charge in [-0.1, -0.05) is 43.2 Å². The molecule has 0 unspecified atom stereocenters. The topological polar surface area (TPSA) is 117 Å². The molecule has 36 heavy (non-hydrogen) atoms. The highest BCUT2D eigenvalue weighted by Gasteiger charge is 2.47. The van der Waals surface area contributed by atoms with E-state index in [2.05, 4.69) is 20.9 Å². The smallest absolute Gasteiger partial charge is 0.242 e. The van der Waals surface area contributed by atoms with Crippen LogP contribution in [0.1, 0.15) is 63.4 Å². The molecule has 3 amide bonds. The number of likely N-dealkylation sites (tertiary alicyclic amines) is 1. The molecule has 3 aliphatic rings. The molecule has 1 aromatic carbocycles. The molecule has 0 aromatic heterocycles.